The third-order valence-corrected chi connectivity index (χ3v) is 9.25. The minimum absolute atomic E-state index is 0.0587. The molecule has 8 nitrogen and oxygen atoms in total. The Morgan fingerprint density at radius 2 is 1.46 bits per heavy atom. The number of carbonyl (C=O) groups excluding carboxylic acids is 2. The second-order valence-electron chi connectivity index (χ2n) is 11.6. The summed E-state index contributed by atoms with van der Waals surface area (Å²) >= 11 is 0. The maximum Gasteiger partial charge on any atom is 0.264 e. The first kappa shape index (κ1) is 34.2. The molecule has 4 aromatic carbocycles. The summed E-state index contributed by atoms with van der Waals surface area (Å²) in [4.78, 5) is 29.9. The maximum absolute atomic E-state index is 14.6. The summed E-state index contributed by atoms with van der Waals surface area (Å²) in [5, 5.41) is 2.98. The summed E-state index contributed by atoms with van der Waals surface area (Å²) < 4.78 is 35.1. The maximum atomic E-state index is 14.6. The predicted molar refractivity (Wildman–Crippen MR) is 182 cm³/mol. The van der Waals surface area contributed by atoms with E-state index < -0.39 is 28.5 Å². The molecule has 0 saturated heterocycles. The van der Waals surface area contributed by atoms with Crippen LogP contribution in [0.2, 0.25) is 0 Å². The van der Waals surface area contributed by atoms with Gasteiger partial charge in [0, 0.05) is 19.0 Å². The van der Waals surface area contributed by atoms with Crippen LogP contribution in [-0.4, -0.2) is 50.4 Å². The molecule has 1 atom stereocenters. The SMILES string of the molecule is CCOc1ccc(N(CC(=O)N(Cc2cccc(C)c2)C(Cc2ccccc2)C(=O)NC(C)C)S(=O)(=O)c2ccc(C)cc2)cc1. The van der Waals surface area contributed by atoms with Crippen LogP contribution < -0.4 is 14.4 Å². The molecule has 0 spiro atoms. The number of benzene rings is 4. The van der Waals surface area contributed by atoms with Gasteiger partial charge in [-0.05, 0) is 82.1 Å². The average molecular weight is 642 g/mol. The van der Waals surface area contributed by atoms with E-state index in [0.29, 0.717) is 18.0 Å². The molecule has 0 bridgehead atoms. The molecule has 4 rings (SSSR count). The summed E-state index contributed by atoms with van der Waals surface area (Å²) in [6, 6.07) is 29.3. The Labute approximate surface area is 273 Å². The van der Waals surface area contributed by atoms with E-state index in [1.165, 1.54) is 17.0 Å². The van der Waals surface area contributed by atoms with Crippen molar-refractivity contribution in [3.63, 3.8) is 0 Å². The van der Waals surface area contributed by atoms with Crippen LogP contribution in [0.1, 0.15) is 43.0 Å². The Morgan fingerprint density at radius 3 is 2.07 bits per heavy atom. The Bertz CT molecular complexity index is 1710. The topological polar surface area (TPSA) is 96.0 Å². The van der Waals surface area contributed by atoms with E-state index in [1.807, 2.05) is 89.2 Å². The van der Waals surface area contributed by atoms with Crippen LogP contribution in [0.3, 0.4) is 0 Å². The largest absolute Gasteiger partial charge is 0.494 e. The first-order chi connectivity index (χ1) is 22.0. The molecule has 0 aliphatic heterocycles. The number of aryl methyl sites for hydroxylation is 2. The summed E-state index contributed by atoms with van der Waals surface area (Å²) in [6.45, 7) is 9.50. The van der Waals surface area contributed by atoms with Crippen molar-refractivity contribution in [3.8, 4) is 5.75 Å². The highest BCUT2D eigenvalue weighted by Crippen LogP contribution is 2.27. The van der Waals surface area contributed by atoms with E-state index in [2.05, 4.69) is 5.32 Å². The molecule has 242 valence electrons. The standard InChI is InChI=1S/C37H43N3O5S/c1-6-45-33-19-17-32(18-20-33)40(46(43,44)34-21-15-28(4)16-22-34)26-36(41)39(25-31-14-10-11-29(5)23-31)35(37(42)38-27(2)3)24-30-12-8-7-9-13-30/h7-23,27,35H,6,24-26H2,1-5H3,(H,38,42). The molecule has 1 N–H and O–H groups in total. The number of amides is 2. The molecule has 2 amide bonds. The normalized spacial score (nSPS) is 12.0. The molecule has 0 aliphatic rings. The zero-order valence-electron chi connectivity index (χ0n) is 27.1. The number of hydrogen-bond acceptors (Lipinski definition) is 5. The Morgan fingerprint density at radius 1 is 0.804 bits per heavy atom. The molecule has 9 heteroatoms. The molecular formula is C37H43N3O5S. The highest BCUT2D eigenvalue weighted by atomic mass is 32.2. The molecule has 4 aromatic rings. The van der Waals surface area contributed by atoms with Gasteiger partial charge < -0.3 is 15.0 Å². The Balaban J connectivity index is 1.80. The lowest BCUT2D eigenvalue weighted by molar-refractivity contribution is -0.140. The number of carbonyl (C=O) groups is 2. The van der Waals surface area contributed by atoms with E-state index in [9.17, 15) is 18.0 Å². The minimum atomic E-state index is -4.18. The number of ether oxygens (including phenoxy) is 1. The third kappa shape index (κ3) is 8.97. The van der Waals surface area contributed by atoms with E-state index in [0.717, 1.165) is 26.6 Å². The van der Waals surface area contributed by atoms with Gasteiger partial charge in [-0.25, -0.2) is 8.42 Å². The summed E-state index contributed by atoms with van der Waals surface area (Å²) in [5.74, 6) is -0.237. The second-order valence-corrected chi connectivity index (χ2v) is 13.5. The minimum Gasteiger partial charge on any atom is -0.494 e. The monoisotopic (exact) mass is 641 g/mol. The van der Waals surface area contributed by atoms with Crippen LogP contribution in [0.4, 0.5) is 5.69 Å². The van der Waals surface area contributed by atoms with Crippen LogP contribution >= 0.6 is 0 Å². The van der Waals surface area contributed by atoms with Crippen molar-refractivity contribution >= 4 is 27.5 Å². The smallest absolute Gasteiger partial charge is 0.264 e. The molecule has 0 aliphatic carbocycles. The van der Waals surface area contributed by atoms with Gasteiger partial charge in [-0.2, -0.15) is 0 Å². The molecular weight excluding hydrogens is 598 g/mol. The molecule has 0 saturated carbocycles. The van der Waals surface area contributed by atoms with Crippen molar-refractivity contribution in [2.24, 2.45) is 0 Å². The molecule has 0 fully saturated rings. The summed E-state index contributed by atoms with van der Waals surface area (Å²) in [7, 11) is -4.18. The fourth-order valence-corrected chi connectivity index (χ4v) is 6.60. The van der Waals surface area contributed by atoms with Crippen molar-refractivity contribution in [1.29, 1.82) is 0 Å². The van der Waals surface area contributed by atoms with Gasteiger partial charge in [0.15, 0.2) is 0 Å². The number of sulfonamides is 1. The second kappa shape index (κ2) is 15.6. The van der Waals surface area contributed by atoms with Gasteiger partial charge in [-0.3, -0.25) is 13.9 Å². The van der Waals surface area contributed by atoms with Crippen LogP contribution in [0.5, 0.6) is 5.75 Å². The van der Waals surface area contributed by atoms with Crippen LogP contribution in [0, 0.1) is 13.8 Å². The van der Waals surface area contributed by atoms with Gasteiger partial charge in [-0.15, -0.1) is 0 Å². The van der Waals surface area contributed by atoms with Crippen molar-refractivity contribution < 1.29 is 22.7 Å². The zero-order chi connectivity index (χ0) is 33.3. The molecule has 0 aromatic heterocycles. The number of hydrogen-bond donors (Lipinski definition) is 1. The Hall–Kier alpha value is -4.63. The fraction of sp³-hybridized carbons (Fsp3) is 0.297. The lowest BCUT2D eigenvalue weighted by Crippen LogP contribution is -2.54. The molecule has 0 heterocycles. The quantitative estimate of drug-likeness (QED) is 0.181. The lowest BCUT2D eigenvalue weighted by atomic mass is 10.0. The van der Waals surface area contributed by atoms with Gasteiger partial charge in [-0.1, -0.05) is 77.9 Å². The highest BCUT2D eigenvalue weighted by molar-refractivity contribution is 7.92. The number of anilines is 1. The van der Waals surface area contributed by atoms with Gasteiger partial charge in [0.05, 0.1) is 17.2 Å². The summed E-state index contributed by atoms with van der Waals surface area (Å²) in [5.41, 5.74) is 3.93. The molecule has 46 heavy (non-hydrogen) atoms. The van der Waals surface area contributed by atoms with Crippen LogP contribution in [-0.2, 0) is 32.6 Å². The first-order valence-electron chi connectivity index (χ1n) is 15.5. The van der Waals surface area contributed by atoms with Crippen LogP contribution in [0.15, 0.2) is 108 Å². The fourth-order valence-electron chi connectivity index (χ4n) is 5.18. The number of nitrogens with zero attached hydrogens (tertiary/aromatic N) is 2. The zero-order valence-corrected chi connectivity index (χ0v) is 28.0. The van der Waals surface area contributed by atoms with E-state index in [4.69, 9.17) is 4.74 Å². The van der Waals surface area contributed by atoms with Gasteiger partial charge in [0.1, 0.15) is 18.3 Å². The van der Waals surface area contributed by atoms with Crippen LogP contribution in [0.25, 0.3) is 0 Å². The van der Waals surface area contributed by atoms with Gasteiger partial charge in [0.25, 0.3) is 10.0 Å². The number of rotatable bonds is 14. The van der Waals surface area contributed by atoms with Crippen molar-refractivity contribution in [3.05, 3.63) is 125 Å². The van der Waals surface area contributed by atoms with Gasteiger partial charge in [0.2, 0.25) is 11.8 Å². The van der Waals surface area contributed by atoms with Gasteiger partial charge >= 0.3 is 0 Å². The first-order valence-corrected chi connectivity index (χ1v) is 16.9. The lowest BCUT2D eigenvalue weighted by Gasteiger charge is -2.34. The number of nitrogens with one attached hydrogen (secondary N) is 1. The van der Waals surface area contributed by atoms with E-state index >= 15 is 0 Å². The van der Waals surface area contributed by atoms with Crippen molar-refractivity contribution in [1.82, 2.24) is 10.2 Å². The average Bonchev–Trinajstić information content (AvgIpc) is 3.02. The predicted octanol–water partition coefficient (Wildman–Crippen LogP) is 6.06. The molecule has 0 radical (unpaired) electrons. The van der Waals surface area contributed by atoms with Crippen molar-refractivity contribution in [2.45, 2.75) is 64.6 Å². The highest BCUT2D eigenvalue weighted by Gasteiger charge is 2.35. The Kier molecular flexibility index (Phi) is 11.6. The van der Waals surface area contributed by atoms with Crippen molar-refractivity contribution in [2.75, 3.05) is 17.5 Å². The van der Waals surface area contributed by atoms with E-state index in [1.54, 1.807) is 36.4 Å². The van der Waals surface area contributed by atoms with E-state index in [-0.39, 0.29) is 29.8 Å². The third-order valence-electron chi connectivity index (χ3n) is 7.46. The summed E-state index contributed by atoms with van der Waals surface area (Å²) in [6.07, 6.45) is 0.255. The molecule has 1 unspecified atom stereocenters.